The molecular formula is C16H22N2O3. The van der Waals surface area contributed by atoms with Gasteiger partial charge in [0, 0.05) is 26.1 Å². The minimum Gasteiger partial charge on any atom is -0.343 e. The van der Waals surface area contributed by atoms with E-state index in [0.29, 0.717) is 13.1 Å². The molecule has 5 nitrogen and oxygen atoms in total. The lowest BCUT2D eigenvalue weighted by molar-refractivity contribution is -0.141. The van der Waals surface area contributed by atoms with Gasteiger partial charge in [-0.3, -0.25) is 19.3 Å². The van der Waals surface area contributed by atoms with Gasteiger partial charge in [-0.15, -0.1) is 0 Å². The molecule has 5 heteroatoms. The third-order valence-electron chi connectivity index (χ3n) is 5.23. The van der Waals surface area contributed by atoms with Gasteiger partial charge in [0.15, 0.2) is 0 Å². The summed E-state index contributed by atoms with van der Waals surface area (Å²) in [5.41, 5.74) is 0. The zero-order chi connectivity index (χ0) is 15.1. The minimum absolute atomic E-state index is 0.0127. The lowest BCUT2D eigenvalue weighted by Crippen LogP contribution is -2.38. The number of carbonyl (C=O) groups is 3. The molecule has 0 aromatic rings. The molecule has 4 atom stereocenters. The van der Waals surface area contributed by atoms with E-state index in [9.17, 15) is 14.4 Å². The Kier molecular flexibility index (Phi) is 3.59. The number of carbonyl (C=O) groups excluding carboxylic acids is 3. The Morgan fingerprint density at radius 1 is 1.14 bits per heavy atom. The maximum Gasteiger partial charge on any atom is 0.233 e. The highest BCUT2D eigenvalue weighted by molar-refractivity contribution is 6.06. The van der Waals surface area contributed by atoms with Crippen molar-refractivity contribution in [3.8, 4) is 0 Å². The Morgan fingerprint density at radius 2 is 1.67 bits per heavy atom. The van der Waals surface area contributed by atoms with E-state index < -0.39 is 0 Å². The van der Waals surface area contributed by atoms with Crippen LogP contribution in [0.3, 0.4) is 0 Å². The predicted molar refractivity (Wildman–Crippen MR) is 77.0 cm³/mol. The number of likely N-dealkylation sites (tertiary alicyclic amines) is 1. The third-order valence-corrected chi connectivity index (χ3v) is 5.23. The summed E-state index contributed by atoms with van der Waals surface area (Å²) in [6, 6.07) is 0. The maximum absolute atomic E-state index is 12.5. The lowest BCUT2D eigenvalue weighted by atomic mass is 9.85. The molecule has 21 heavy (non-hydrogen) atoms. The van der Waals surface area contributed by atoms with Crippen molar-refractivity contribution in [2.75, 3.05) is 19.6 Å². The first-order chi connectivity index (χ1) is 10.1. The van der Waals surface area contributed by atoms with Gasteiger partial charge >= 0.3 is 0 Å². The maximum atomic E-state index is 12.5. The second-order valence-electron chi connectivity index (χ2n) is 6.14. The Morgan fingerprint density at radius 3 is 2.14 bits per heavy atom. The fourth-order valence-electron chi connectivity index (χ4n) is 4.13. The highest BCUT2D eigenvalue weighted by atomic mass is 16.2. The SMILES string of the molecule is CCN(CC)C(=O)CCN1C(=O)[C@@H]2[C@H](C1=O)[C@H]1C=C[C@@H]2C1. The van der Waals surface area contributed by atoms with Crippen LogP contribution in [0, 0.1) is 23.7 Å². The molecule has 3 rings (SSSR count). The van der Waals surface area contributed by atoms with Crippen molar-refractivity contribution in [2.45, 2.75) is 26.7 Å². The standard InChI is InChI=1S/C16H22N2O3/c1-3-17(4-2)12(19)7-8-18-15(20)13-10-5-6-11(9-10)14(13)16(18)21/h5-6,10-11,13-14H,3-4,7-9H2,1-2H3/t10-,11+,13+,14-. The molecular weight excluding hydrogens is 268 g/mol. The number of hydrogen-bond acceptors (Lipinski definition) is 3. The van der Waals surface area contributed by atoms with Gasteiger partial charge in [-0.2, -0.15) is 0 Å². The average Bonchev–Trinajstić information content (AvgIpc) is 3.13. The molecule has 1 heterocycles. The van der Waals surface area contributed by atoms with Crippen LogP contribution < -0.4 is 0 Å². The van der Waals surface area contributed by atoms with Gasteiger partial charge in [0.05, 0.1) is 11.8 Å². The van der Waals surface area contributed by atoms with Crippen LogP contribution in [0.4, 0.5) is 0 Å². The van der Waals surface area contributed by atoms with Crippen LogP contribution in [0.1, 0.15) is 26.7 Å². The highest BCUT2D eigenvalue weighted by Crippen LogP contribution is 2.52. The smallest absolute Gasteiger partial charge is 0.233 e. The number of hydrogen-bond donors (Lipinski definition) is 0. The van der Waals surface area contributed by atoms with E-state index in [-0.39, 0.29) is 54.4 Å². The molecule has 0 spiro atoms. The van der Waals surface area contributed by atoms with Crippen LogP contribution >= 0.6 is 0 Å². The lowest BCUT2D eigenvalue weighted by Gasteiger charge is -2.21. The summed E-state index contributed by atoms with van der Waals surface area (Å²) in [5, 5.41) is 0. The Balaban J connectivity index is 1.64. The highest BCUT2D eigenvalue weighted by Gasteiger charge is 2.59. The van der Waals surface area contributed by atoms with E-state index in [2.05, 4.69) is 12.2 Å². The van der Waals surface area contributed by atoms with E-state index in [4.69, 9.17) is 0 Å². The largest absolute Gasteiger partial charge is 0.343 e. The second kappa shape index (κ2) is 5.28. The molecule has 0 aromatic carbocycles. The zero-order valence-electron chi connectivity index (χ0n) is 12.6. The summed E-state index contributed by atoms with van der Waals surface area (Å²) in [5.74, 6) is 0.0501. The molecule has 3 amide bonds. The van der Waals surface area contributed by atoms with Crippen molar-refractivity contribution >= 4 is 17.7 Å². The van der Waals surface area contributed by atoms with Crippen molar-refractivity contribution in [3.05, 3.63) is 12.2 Å². The van der Waals surface area contributed by atoms with Crippen molar-refractivity contribution < 1.29 is 14.4 Å². The van der Waals surface area contributed by atoms with Gasteiger partial charge < -0.3 is 4.90 Å². The summed E-state index contributed by atoms with van der Waals surface area (Å²) < 4.78 is 0. The molecule has 1 saturated heterocycles. The third kappa shape index (κ3) is 2.10. The number of rotatable bonds is 5. The van der Waals surface area contributed by atoms with E-state index in [1.807, 2.05) is 13.8 Å². The molecule has 114 valence electrons. The summed E-state index contributed by atoms with van der Waals surface area (Å²) in [6.45, 7) is 5.43. The molecule has 0 radical (unpaired) electrons. The molecule has 1 aliphatic heterocycles. The molecule has 3 aliphatic rings. The number of amides is 3. The quantitative estimate of drug-likeness (QED) is 0.562. The van der Waals surface area contributed by atoms with Gasteiger partial charge in [-0.1, -0.05) is 12.2 Å². The monoisotopic (exact) mass is 290 g/mol. The van der Waals surface area contributed by atoms with Gasteiger partial charge in [0.1, 0.15) is 0 Å². The number of imide groups is 1. The summed E-state index contributed by atoms with van der Waals surface area (Å²) in [4.78, 5) is 40.0. The van der Waals surface area contributed by atoms with Crippen LogP contribution in [0.2, 0.25) is 0 Å². The second-order valence-corrected chi connectivity index (χ2v) is 6.14. The zero-order valence-corrected chi connectivity index (χ0v) is 12.6. The molecule has 2 fully saturated rings. The Hall–Kier alpha value is -1.65. The fourth-order valence-corrected chi connectivity index (χ4v) is 4.13. The van der Waals surface area contributed by atoms with Crippen LogP contribution in [-0.2, 0) is 14.4 Å². The van der Waals surface area contributed by atoms with E-state index in [0.717, 1.165) is 6.42 Å². The summed E-state index contributed by atoms with van der Waals surface area (Å²) in [7, 11) is 0. The normalized spacial score (nSPS) is 33.0. The minimum atomic E-state index is -0.156. The van der Waals surface area contributed by atoms with E-state index >= 15 is 0 Å². The average molecular weight is 290 g/mol. The van der Waals surface area contributed by atoms with Crippen molar-refractivity contribution in [1.29, 1.82) is 0 Å². The summed E-state index contributed by atoms with van der Waals surface area (Å²) >= 11 is 0. The number of fused-ring (bicyclic) bond motifs is 5. The first kappa shape index (κ1) is 14.3. The van der Waals surface area contributed by atoms with Crippen LogP contribution in [-0.4, -0.2) is 47.2 Å². The van der Waals surface area contributed by atoms with Crippen molar-refractivity contribution in [2.24, 2.45) is 23.7 Å². The van der Waals surface area contributed by atoms with Gasteiger partial charge in [-0.05, 0) is 32.1 Å². The molecule has 2 bridgehead atoms. The topological polar surface area (TPSA) is 57.7 Å². The number of allylic oxidation sites excluding steroid dienone is 2. The first-order valence-electron chi connectivity index (χ1n) is 7.89. The van der Waals surface area contributed by atoms with Crippen LogP contribution in [0.5, 0.6) is 0 Å². The van der Waals surface area contributed by atoms with Crippen LogP contribution in [0.25, 0.3) is 0 Å². The molecule has 2 aliphatic carbocycles. The number of nitrogens with zero attached hydrogens (tertiary/aromatic N) is 2. The molecule has 0 N–H and O–H groups in total. The first-order valence-corrected chi connectivity index (χ1v) is 7.89. The van der Waals surface area contributed by atoms with Crippen molar-refractivity contribution in [1.82, 2.24) is 9.80 Å². The fraction of sp³-hybridized carbons (Fsp3) is 0.688. The predicted octanol–water partition coefficient (Wildman–Crippen LogP) is 1.05. The van der Waals surface area contributed by atoms with E-state index in [1.54, 1.807) is 4.90 Å². The van der Waals surface area contributed by atoms with Crippen molar-refractivity contribution in [3.63, 3.8) is 0 Å². The summed E-state index contributed by atoms with van der Waals surface area (Å²) in [6.07, 6.45) is 5.35. The van der Waals surface area contributed by atoms with Gasteiger partial charge in [0.25, 0.3) is 0 Å². The van der Waals surface area contributed by atoms with Crippen LogP contribution in [0.15, 0.2) is 12.2 Å². The molecule has 1 saturated carbocycles. The van der Waals surface area contributed by atoms with Gasteiger partial charge in [-0.25, -0.2) is 0 Å². The van der Waals surface area contributed by atoms with E-state index in [1.165, 1.54) is 4.90 Å². The van der Waals surface area contributed by atoms with Gasteiger partial charge in [0.2, 0.25) is 17.7 Å². The Bertz CT molecular complexity index is 480. The molecule has 0 unspecified atom stereocenters. The Labute approximate surface area is 125 Å². The molecule has 0 aromatic heterocycles.